The van der Waals surface area contributed by atoms with Crippen LogP contribution in [0.4, 0.5) is 5.69 Å². The van der Waals surface area contributed by atoms with Gasteiger partial charge in [0.1, 0.15) is 18.1 Å². The number of hydrogen-bond donors (Lipinski definition) is 1. The van der Waals surface area contributed by atoms with Crippen molar-refractivity contribution in [1.82, 2.24) is 5.16 Å². The van der Waals surface area contributed by atoms with Crippen molar-refractivity contribution in [1.29, 1.82) is 0 Å². The highest BCUT2D eigenvalue weighted by Crippen LogP contribution is 2.20. The van der Waals surface area contributed by atoms with Crippen LogP contribution in [-0.4, -0.2) is 23.6 Å². The number of aromatic nitrogens is 1. The molecule has 1 heterocycles. The van der Waals surface area contributed by atoms with Crippen LogP contribution in [0.3, 0.4) is 0 Å². The zero-order valence-electron chi connectivity index (χ0n) is 17.4. The number of benzene rings is 2. The first-order chi connectivity index (χ1) is 14.3. The van der Waals surface area contributed by atoms with Gasteiger partial charge in [0.15, 0.2) is 6.61 Å². The third-order valence-corrected chi connectivity index (χ3v) is 4.73. The standard InChI is InChI=1S/C23H24N2O5/c1-14-6-5-7-15(2)22(14)24-21(26)13-29-23(27)18-8-10-19(11-9-18)28-12-20-16(3)25-30-17(20)4/h5-11H,12-13H2,1-4H3,(H,24,26). The Balaban J connectivity index is 1.51. The minimum Gasteiger partial charge on any atom is -0.489 e. The zero-order valence-corrected chi connectivity index (χ0v) is 17.4. The molecule has 0 atom stereocenters. The van der Waals surface area contributed by atoms with Gasteiger partial charge >= 0.3 is 5.97 Å². The fourth-order valence-electron chi connectivity index (χ4n) is 2.95. The Labute approximate surface area is 175 Å². The van der Waals surface area contributed by atoms with Crippen molar-refractivity contribution in [3.8, 4) is 5.75 Å². The number of esters is 1. The third-order valence-electron chi connectivity index (χ3n) is 4.73. The van der Waals surface area contributed by atoms with Gasteiger partial charge in [-0.05, 0) is 63.1 Å². The maximum absolute atomic E-state index is 12.2. The van der Waals surface area contributed by atoms with Gasteiger partial charge < -0.3 is 19.3 Å². The molecule has 7 nitrogen and oxygen atoms in total. The fraction of sp³-hybridized carbons (Fsp3) is 0.261. The van der Waals surface area contributed by atoms with Gasteiger partial charge in [-0.3, -0.25) is 4.79 Å². The Morgan fingerprint density at radius 1 is 1.00 bits per heavy atom. The predicted molar refractivity (Wildman–Crippen MR) is 112 cm³/mol. The van der Waals surface area contributed by atoms with E-state index in [1.165, 1.54) is 0 Å². The van der Waals surface area contributed by atoms with Crippen LogP contribution in [0.2, 0.25) is 0 Å². The van der Waals surface area contributed by atoms with Crippen LogP contribution in [0.15, 0.2) is 47.0 Å². The van der Waals surface area contributed by atoms with Crippen molar-refractivity contribution in [2.45, 2.75) is 34.3 Å². The van der Waals surface area contributed by atoms with E-state index in [-0.39, 0.29) is 12.5 Å². The Morgan fingerprint density at radius 2 is 1.67 bits per heavy atom. The molecule has 0 saturated carbocycles. The Morgan fingerprint density at radius 3 is 2.27 bits per heavy atom. The van der Waals surface area contributed by atoms with Crippen LogP contribution >= 0.6 is 0 Å². The van der Waals surface area contributed by atoms with E-state index < -0.39 is 5.97 Å². The van der Waals surface area contributed by atoms with Gasteiger partial charge in [-0.1, -0.05) is 23.4 Å². The molecular weight excluding hydrogens is 384 g/mol. The van der Waals surface area contributed by atoms with Gasteiger partial charge in [-0.15, -0.1) is 0 Å². The number of rotatable bonds is 7. The van der Waals surface area contributed by atoms with Crippen LogP contribution in [0.1, 0.15) is 38.5 Å². The van der Waals surface area contributed by atoms with Gasteiger partial charge in [-0.25, -0.2) is 4.79 Å². The van der Waals surface area contributed by atoms with E-state index in [1.54, 1.807) is 24.3 Å². The second kappa shape index (κ2) is 9.26. The SMILES string of the molecule is Cc1cccc(C)c1NC(=O)COC(=O)c1ccc(OCc2c(C)noc2C)cc1. The molecule has 3 aromatic rings. The van der Waals surface area contributed by atoms with Gasteiger partial charge in [0, 0.05) is 5.69 Å². The van der Waals surface area contributed by atoms with Crippen molar-refractivity contribution in [2.75, 3.05) is 11.9 Å². The van der Waals surface area contributed by atoms with Crippen LogP contribution in [0.5, 0.6) is 5.75 Å². The van der Waals surface area contributed by atoms with E-state index in [2.05, 4.69) is 10.5 Å². The summed E-state index contributed by atoms with van der Waals surface area (Å²) in [6, 6.07) is 12.3. The fourth-order valence-corrected chi connectivity index (χ4v) is 2.95. The number of amides is 1. The van der Waals surface area contributed by atoms with E-state index >= 15 is 0 Å². The number of carbonyl (C=O) groups excluding carboxylic acids is 2. The largest absolute Gasteiger partial charge is 0.489 e. The molecule has 0 radical (unpaired) electrons. The first kappa shape index (κ1) is 21.1. The summed E-state index contributed by atoms with van der Waals surface area (Å²) in [5.74, 6) is 0.343. The number of hydrogen-bond acceptors (Lipinski definition) is 6. The molecule has 0 aliphatic carbocycles. The monoisotopic (exact) mass is 408 g/mol. The maximum atomic E-state index is 12.2. The summed E-state index contributed by atoms with van der Waals surface area (Å²) < 4.78 is 15.9. The first-order valence-corrected chi connectivity index (χ1v) is 9.53. The van der Waals surface area contributed by atoms with Crippen LogP contribution < -0.4 is 10.1 Å². The van der Waals surface area contributed by atoms with E-state index in [0.717, 1.165) is 28.1 Å². The average molecular weight is 408 g/mol. The lowest BCUT2D eigenvalue weighted by molar-refractivity contribution is -0.119. The molecule has 0 saturated heterocycles. The number of nitrogens with one attached hydrogen (secondary N) is 1. The lowest BCUT2D eigenvalue weighted by Gasteiger charge is -2.11. The topological polar surface area (TPSA) is 90.7 Å². The minimum atomic E-state index is -0.580. The van der Waals surface area contributed by atoms with E-state index in [1.807, 2.05) is 45.9 Å². The molecule has 1 N–H and O–H groups in total. The summed E-state index contributed by atoms with van der Waals surface area (Å²) in [4.78, 5) is 24.4. The number of nitrogens with zero attached hydrogens (tertiary/aromatic N) is 1. The summed E-state index contributed by atoms with van der Waals surface area (Å²) in [6.45, 7) is 7.45. The van der Waals surface area contributed by atoms with Gasteiger partial charge in [0.2, 0.25) is 0 Å². The highest BCUT2D eigenvalue weighted by molar-refractivity contribution is 5.96. The van der Waals surface area contributed by atoms with E-state index in [0.29, 0.717) is 23.7 Å². The number of anilines is 1. The molecule has 1 amide bonds. The second-order valence-electron chi connectivity index (χ2n) is 7.01. The predicted octanol–water partition coefficient (Wildman–Crippen LogP) is 4.28. The molecule has 0 aliphatic heterocycles. The first-order valence-electron chi connectivity index (χ1n) is 9.53. The molecule has 30 heavy (non-hydrogen) atoms. The number of aryl methyl sites for hydroxylation is 4. The molecular formula is C23H24N2O5. The highest BCUT2D eigenvalue weighted by Gasteiger charge is 2.13. The molecule has 0 bridgehead atoms. The molecule has 0 unspecified atom stereocenters. The highest BCUT2D eigenvalue weighted by atomic mass is 16.5. The molecule has 7 heteroatoms. The van der Waals surface area contributed by atoms with E-state index in [4.69, 9.17) is 14.0 Å². The lowest BCUT2D eigenvalue weighted by Crippen LogP contribution is -2.21. The molecule has 3 rings (SSSR count). The quantitative estimate of drug-likeness (QED) is 0.587. The smallest absolute Gasteiger partial charge is 0.338 e. The minimum absolute atomic E-state index is 0.323. The molecule has 1 aromatic heterocycles. The van der Waals surface area contributed by atoms with Crippen LogP contribution in [0.25, 0.3) is 0 Å². The molecule has 0 fully saturated rings. The number of carbonyl (C=O) groups is 2. The average Bonchev–Trinajstić information content (AvgIpc) is 3.05. The summed E-state index contributed by atoms with van der Waals surface area (Å²) in [7, 11) is 0. The Hall–Kier alpha value is -3.61. The third kappa shape index (κ3) is 5.05. The van der Waals surface area contributed by atoms with Crippen LogP contribution in [0, 0.1) is 27.7 Å². The van der Waals surface area contributed by atoms with Crippen molar-refractivity contribution in [2.24, 2.45) is 0 Å². The van der Waals surface area contributed by atoms with Gasteiger partial charge in [0.25, 0.3) is 5.91 Å². The Kier molecular flexibility index (Phi) is 6.51. The van der Waals surface area contributed by atoms with Crippen LogP contribution in [-0.2, 0) is 16.1 Å². The zero-order chi connectivity index (χ0) is 21.7. The van der Waals surface area contributed by atoms with Gasteiger partial charge in [-0.2, -0.15) is 0 Å². The number of ether oxygens (including phenoxy) is 2. The summed E-state index contributed by atoms with van der Waals surface area (Å²) in [5.41, 5.74) is 4.64. The van der Waals surface area contributed by atoms with Gasteiger partial charge in [0.05, 0.1) is 16.8 Å². The van der Waals surface area contributed by atoms with Crippen molar-refractivity contribution >= 4 is 17.6 Å². The maximum Gasteiger partial charge on any atom is 0.338 e. The Bertz CT molecular complexity index is 1010. The number of para-hydroxylation sites is 1. The normalized spacial score (nSPS) is 10.5. The van der Waals surface area contributed by atoms with Crippen molar-refractivity contribution in [3.63, 3.8) is 0 Å². The van der Waals surface area contributed by atoms with Crippen molar-refractivity contribution < 1.29 is 23.6 Å². The molecule has 0 spiro atoms. The second-order valence-corrected chi connectivity index (χ2v) is 7.01. The summed E-state index contributed by atoms with van der Waals surface area (Å²) in [6.07, 6.45) is 0. The summed E-state index contributed by atoms with van der Waals surface area (Å²) in [5, 5.41) is 6.67. The lowest BCUT2D eigenvalue weighted by atomic mass is 10.1. The van der Waals surface area contributed by atoms with E-state index in [9.17, 15) is 9.59 Å². The van der Waals surface area contributed by atoms with Crippen molar-refractivity contribution in [3.05, 3.63) is 76.2 Å². The summed E-state index contributed by atoms with van der Waals surface area (Å²) >= 11 is 0. The molecule has 156 valence electrons. The molecule has 0 aliphatic rings. The molecule has 2 aromatic carbocycles.